The standard InChI is InChI=1S/C25H21N2O2.C5H8O2.Pt/c1-29-23-12-13-24(19(16-23)18-28)25-17-22(14-15-26-25)27(20-8-4-2-5-9-20)21-10-6-3-7-11-21;1-4(6)3-5(2)7;/h2-12,14-17,28H,18H2,1H3;3,6H,1-2H3;/q-1;;/b;4-3-;. The van der Waals surface area contributed by atoms with E-state index in [9.17, 15) is 9.90 Å². The fourth-order valence-corrected chi connectivity index (χ4v) is 3.59. The first-order chi connectivity index (χ1) is 17.4. The molecule has 1 heterocycles. The van der Waals surface area contributed by atoms with Crippen molar-refractivity contribution in [2.45, 2.75) is 20.5 Å². The molecule has 0 amide bonds. The molecule has 194 valence electrons. The number of ketones is 1. The fraction of sp³-hybridized carbons (Fsp3) is 0.133. The number of allylic oxidation sites excluding steroid dienone is 2. The number of hydrogen-bond donors (Lipinski definition) is 2. The first kappa shape index (κ1) is 29.5. The van der Waals surface area contributed by atoms with Gasteiger partial charge in [-0.2, -0.15) is 0 Å². The molecule has 0 atom stereocenters. The van der Waals surface area contributed by atoms with Crippen molar-refractivity contribution < 1.29 is 40.8 Å². The monoisotopic (exact) mass is 676 g/mol. The third kappa shape index (κ3) is 8.42. The second-order valence-electron chi connectivity index (χ2n) is 7.90. The van der Waals surface area contributed by atoms with Gasteiger partial charge in [-0.05, 0) is 49.9 Å². The second-order valence-corrected chi connectivity index (χ2v) is 7.90. The van der Waals surface area contributed by atoms with Gasteiger partial charge >= 0.3 is 0 Å². The number of anilines is 3. The number of nitrogens with zero attached hydrogens (tertiary/aromatic N) is 2. The van der Waals surface area contributed by atoms with Gasteiger partial charge in [0.15, 0.2) is 5.78 Å². The minimum atomic E-state index is -0.125. The zero-order valence-electron chi connectivity index (χ0n) is 20.9. The molecule has 0 spiro atoms. The molecule has 0 radical (unpaired) electrons. The van der Waals surface area contributed by atoms with Crippen molar-refractivity contribution in [1.82, 2.24) is 4.98 Å². The van der Waals surface area contributed by atoms with E-state index in [1.54, 1.807) is 19.4 Å². The third-order valence-electron chi connectivity index (χ3n) is 5.10. The summed E-state index contributed by atoms with van der Waals surface area (Å²) >= 11 is 0. The number of pyridine rings is 1. The molecule has 4 rings (SSSR count). The Labute approximate surface area is 232 Å². The van der Waals surface area contributed by atoms with Crippen LogP contribution in [0.4, 0.5) is 17.1 Å². The summed E-state index contributed by atoms with van der Waals surface area (Å²) < 4.78 is 5.25. The van der Waals surface area contributed by atoms with E-state index >= 15 is 0 Å². The number of carbonyl (C=O) groups is 1. The third-order valence-corrected chi connectivity index (χ3v) is 5.10. The van der Waals surface area contributed by atoms with Crippen LogP contribution >= 0.6 is 0 Å². The molecule has 0 bridgehead atoms. The van der Waals surface area contributed by atoms with Crippen molar-refractivity contribution in [3.63, 3.8) is 0 Å². The van der Waals surface area contributed by atoms with E-state index in [1.807, 2.05) is 54.6 Å². The number of aliphatic hydroxyl groups is 2. The number of hydrogen-bond acceptors (Lipinski definition) is 6. The maximum absolute atomic E-state index is 10.0. The van der Waals surface area contributed by atoms with Crippen LogP contribution in [0.15, 0.2) is 103 Å². The van der Waals surface area contributed by atoms with Crippen LogP contribution in [-0.2, 0) is 32.5 Å². The zero-order valence-corrected chi connectivity index (χ0v) is 23.1. The van der Waals surface area contributed by atoms with Crippen molar-refractivity contribution in [3.8, 4) is 17.0 Å². The predicted molar refractivity (Wildman–Crippen MR) is 143 cm³/mol. The Morgan fingerprint density at radius 2 is 1.57 bits per heavy atom. The Kier molecular flexibility index (Phi) is 11.7. The first-order valence-electron chi connectivity index (χ1n) is 11.4. The Bertz CT molecular complexity index is 1270. The molecule has 0 saturated carbocycles. The fourth-order valence-electron chi connectivity index (χ4n) is 3.59. The van der Waals surface area contributed by atoms with E-state index < -0.39 is 0 Å². The molecule has 0 aliphatic carbocycles. The molecule has 0 fully saturated rings. The summed E-state index contributed by atoms with van der Waals surface area (Å²) in [5.41, 5.74) is 5.30. The van der Waals surface area contributed by atoms with E-state index in [0.717, 1.165) is 33.9 Å². The maximum Gasteiger partial charge on any atom is 0.155 e. The van der Waals surface area contributed by atoms with Crippen molar-refractivity contribution in [1.29, 1.82) is 0 Å². The number of methoxy groups -OCH3 is 1. The number of aromatic nitrogens is 1. The minimum Gasteiger partial charge on any atom is -0.540 e. The SMILES string of the molecule is CC(=O)/C=C(/C)O.COc1c[c-]c(-c2cc(N(c3ccccc3)c3ccccc3)ccn2)c(CO)c1.[Pt]. The van der Waals surface area contributed by atoms with E-state index in [1.165, 1.54) is 19.9 Å². The van der Waals surface area contributed by atoms with Crippen LogP contribution in [0.3, 0.4) is 0 Å². The normalized spacial score (nSPS) is 10.4. The van der Waals surface area contributed by atoms with Crippen LogP contribution in [0, 0.1) is 6.07 Å². The maximum atomic E-state index is 10.0. The van der Waals surface area contributed by atoms with Crippen LogP contribution in [0.25, 0.3) is 11.3 Å². The van der Waals surface area contributed by atoms with E-state index in [2.05, 4.69) is 40.2 Å². The van der Waals surface area contributed by atoms with Crippen molar-refractivity contribution in [3.05, 3.63) is 115 Å². The smallest absolute Gasteiger partial charge is 0.155 e. The van der Waals surface area contributed by atoms with E-state index in [0.29, 0.717) is 5.75 Å². The largest absolute Gasteiger partial charge is 0.540 e. The average Bonchev–Trinajstić information content (AvgIpc) is 2.89. The molecule has 2 N–H and O–H groups in total. The van der Waals surface area contributed by atoms with Crippen molar-refractivity contribution in [2.24, 2.45) is 0 Å². The molecule has 7 heteroatoms. The summed E-state index contributed by atoms with van der Waals surface area (Å²) in [7, 11) is 1.60. The van der Waals surface area contributed by atoms with Gasteiger partial charge in [-0.1, -0.05) is 54.1 Å². The van der Waals surface area contributed by atoms with E-state index in [4.69, 9.17) is 9.84 Å². The molecular formula is C30H29N2O4Pt-. The molecule has 37 heavy (non-hydrogen) atoms. The Morgan fingerprint density at radius 3 is 2.03 bits per heavy atom. The van der Waals surface area contributed by atoms with Crippen LogP contribution in [0.2, 0.25) is 0 Å². The molecule has 0 saturated heterocycles. The van der Waals surface area contributed by atoms with Gasteiger partial charge in [-0.15, -0.1) is 17.7 Å². The minimum absolute atomic E-state index is 0. The average molecular weight is 677 g/mol. The summed E-state index contributed by atoms with van der Waals surface area (Å²) in [6.45, 7) is 2.73. The van der Waals surface area contributed by atoms with Gasteiger partial charge in [0, 0.05) is 62.8 Å². The molecule has 1 aromatic heterocycles. The molecule has 0 aliphatic heterocycles. The van der Waals surface area contributed by atoms with Crippen molar-refractivity contribution >= 4 is 22.8 Å². The molecule has 4 aromatic rings. The number of aliphatic hydroxyl groups excluding tert-OH is 2. The summed E-state index contributed by atoms with van der Waals surface area (Å²) in [6, 6.07) is 31.2. The first-order valence-corrected chi connectivity index (χ1v) is 11.4. The van der Waals surface area contributed by atoms with Gasteiger partial charge in [0.05, 0.1) is 12.9 Å². The number of benzene rings is 3. The summed E-state index contributed by atoms with van der Waals surface area (Å²) in [4.78, 5) is 16.7. The molecule has 0 unspecified atom stereocenters. The molecule has 0 aliphatic rings. The quantitative estimate of drug-likeness (QED) is 0.131. The predicted octanol–water partition coefficient (Wildman–Crippen LogP) is 6.55. The van der Waals surface area contributed by atoms with Crippen LogP contribution < -0.4 is 9.64 Å². The van der Waals surface area contributed by atoms with Crippen LogP contribution in [-0.4, -0.2) is 28.1 Å². The van der Waals surface area contributed by atoms with Crippen LogP contribution in [0.5, 0.6) is 5.75 Å². The number of para-hydroxylation sites is 2. The van der Waals surface area contributed by atoms with Crippen LogP contribution in [0.1, 0.15) is 19.4 Å². The molecule has 3 aromatic carbocycles. The van der Waals surface area contributed by atoms with E-state index in [-0.39, 0.29) is 39.2 Å². The van der Waals surface area contributed by atoms with Gasteiger partial charge in [0.1, 0.15) is 0 Å². The Hall–Kier alpha value is -3.73. The Balaban J connectivity index is 0.000000532. The molecular weight excluding hydrogens is 647 g/mol. The summed E-state index contributed by atoms with van der Waals surface area (Å²) in [6.07, 6.45) is 2.95. The van der Waals surface area contributed by atoms with Gasteiger partial charge in [-0.3, -0.25) is 4.79 Å². The molecule has 6 nitrogen and oxygen atoms in total. The van der Waals surface area contributed by atoms with Crippen molar-refractivity contribution in [2.75, 3.05) is 12.0 Å². The Morgan fingerprint density at radius 1 is 0.973 bits per heavy atom. The van der Waals surface area contributed by atoms with Gasteiger partial charge in [0.2, 0.25) is 0 Å². The number of carbonyl (C=O) groups excluding carboxylic acids is 1. The number of ether oxygens (including phenoxy) is 1. The summed E-state index contributed by atoms with van der Waals surface area (Å²) in [5, 5.41) is 18.2. The second kappa shape index (κ2) is 14.7. The van der Waals surface area contributed by atoms with Gasteiger partial charge in [-0.25, -0.2) is 0 Å². The van der Waals surface area contributed by atoms with Gasteiger partial charge in [0.25, 0.3) is 0 Å². The topological polar surface area (TPSA) is 82.9 Å². The zero-order chi connectivity index (χ0) is 25.9. The summed E-state index contributed by atoms with van der Waals surface area (Å²) in [5.74, 6) is 0.594. The van der Waals surface area contributed by atoms with Gasteiger partial charge < -0.3 is 24.8 Å². The number of rotatable bonds is 7.